The van der Waals surface area contributed by atoms with Crippen molar-refractivity contribution in [2.45, 2.75) is 91.8 Å². The first-order valence-corrected chi connectivity index (χ1v) is 10.8. The lowest BCUT2D eigenvalue weighted by Gasteiger charge is -2.20. The highest BCUT2D eigenvalue weighted by molar-refractivity contribution is 5.30. The Hall–Kier alpha value is -1.23. The van der Waals surface area contributed by atoms with Crippen molar-refractivity contribution in [2.75, 3.05) is 6.61 Å². The number of aliphatic hydroxyl groups is 1. The van der Waals surface area contributed by atoms with E-state index in [1.807, 2.05) is 34.6 Å². The summed E-state index contributed by atoms with van der Waals surface area (Å²) in [6, 6.07) is 5.03. The molecule has 0 aromatic heterocycles. The lowest BCUT2D eigenvalue weighted by Crippen LogP contribution is -2.14. The molecule has 1 aromatic rings. The average Bonchev–Trinajstić information content (AvgIpc) is 3.10. The summed E-state index contributed by atoms with van der Waals surface area (Å²) in [7, 11) is 0. The van der Waals surface area contributed by atoms with E-state index in [9.17, 15) is 18.3 Å². The van der Waals surface area contributed by atoms with Crippen LogP contribution in [0.5, 0.6) is 5.75 Å². The Morgan fingerprint density at radius 1 is 1.07 bits per heavy atom. The zero-order chi connectivity index (χ0) is 21.6. The van der Waals surface area contributed by atoms with E-state index in [1.165, 1.54) is 25.3 Å². The quantitative estimate of drug-likeness (QED) is 0.455. The van der Waals surface area contributed by atoms with Gasteiger partial charge in [0.05, 0.1) is 18.3 Å². The number of alkyl halides is 3. The highest BCUT2D eigenvalue weighted by atomic mass is 19.4. The highest BCUT2D eigenvalue weighted by Crippen LogP contribution is 2.38. The third-order valence-corrected chi connectivity index (χ3v) is 4.86. The molecule has 164 valence electrons. The molecule has 0 aliphatic heterocycles. The summed E-state index contributed by atoms with van der Waals surface area (Å²) in [6.45, 7) is 10.3. The van der Waals surface area contributed by atoms with Crippen molar-refractivity contribution in [2.24, 2.45) is 11.8 Å². The van der Waals surface area contributed by atoms with Crippen LogP contribution in [0.2, 0.25) is 0 Å². The van der Waals surface area contributed by atoms with Crippen LogP contribution in [0, 0.1) is 11.8 Å². The summed E-state index contributed by atoms with van der Waals surface area (Å²) in [5.74, 6) is 1.57. The largest absolute Gasteiger partial charge is 0.494 e. The molecule has 0 spiro atoms. The predicted molar refractivity (Wildman–Crippen MR) is 111 cm³/mol. The van der Waals surface area contributed by atoms with E-state index in [4.69, 9.17) is 4.74 Å². The molecule has 1 aliphatic carbocycles. The molecule has 0 bridgehead atoms. The minimum atomic E-state index is -4.33. The van der Waals surface area contributed by atoms with Crippen LogP contribution in [0.4, 0.5) is 13.2 Å². The number of hydrogen-bond acceptors (Lipinski definition) is 2. The molecular weight excluding hydrogens is 365 g/mol. The number of aliphatic hydroxyl groups excluding tert-OH is 1. The van der Waals surface area contributed by atoms with Crippen molar-refractivity contribution in [3.8, 4) is 5.75 Å². The second-order valence-corrected chi connectivity index (χ2v) is 6.91. The van der Waals surface area contributed by atoms with Crippen molar-refractivity contribution in [3.63, 3.8) is 0 Å². The molecule has 2 nitrogen and oxygen atoms in total. The van der Waals surface area contributed by atoms with E-state index in [-0.39, 0.29) is 11.9 Å². The third-order valence-electron chi connectivity index (χ3n) is 4.86. The van der Waals surface area contributed by atoms with Crippen molar-refractivity contribution >= 4 is 0 Å². The molecule has 1 N–H and O–H groups in total. The van der Waals surface area contributed by atoms with Crippen LogP contribution in [-0.2, 0) is 6.18 Å². The molecule has 1 saturated carbocycles. The average molecular weight is 405 g/mol. The summed E-state index contributed by atoms with van der Waals surface area (Å²) in [4.78, 5) is 0. The Morgan fingerprint density at radius 2 is 1.71 bits per heavy atom. The van der Waals surface area contributed by atoms with Gasteiger partial charge in [-0.25, -0.2) is 0 Å². The monoisotopic (exact) mass is 404 g/mol. The van der Waals surface area contributed by atoms with E-state index in [0.717, 1.165) is 37.8 Å². The number of unbranched alkanes of at least 4 members (excludes halogenated alkanes) is 1. The Balaban J connectivity index is 0.00000171. The SMILES string of the molecule is CC.CC.CC(O)C[C@H]1CCCC1CCCCOc1cccc(C(F)(F)F)c1. The van der Waals surface area contributed by atoms with Gasteiger partial charge >= 0.3 is 6.18 Å². The third kappa shape index (κ3) is 10.4. The molecule has 5 heteroatoms. The molecule has 1 fully saturated rings. The predicted octanol–water partition coefficient (Wildman–Crippen LogP) is 7.49. The van der Waals surface area contributed by atoms with Crippen LogP contribution in [0.15, 0.2) is 24.3 Å². The standard InChI is InChI=1S/C19H27F3O2.2C2H6/c1-14(23)12-16-8-4-7-15(16)6-2-3-11-24-18-10-5-9-17(13-18)19(20,21)22;2*1-2/h5,9-10,13-16,23H,2-4,6-8,11-12H2,1H3;2*1-2H3/t14?,15?,16-;;/m1../s1. The summed E-state index contributed by atoms with van der Waals surface area (Å²) in [6.07, 6.45) is 2.95. The number of hydrogen-bond donors (Lipinski definition) is 1. The fourth-order valence-electron chi connectivity index (χ4n) is 3.70. The number of ether oxygens (including phenoxy) is 1. The molecule has 0 radical (unpaired) electrons. The van der Waals surface area contributed by atoms with E-state index in [0.29, 0.717) is 18.4 Å². The molecule has 3 atom stereocenters. The zero-order valence-electron chi connectivity index (χ0n) is 18.2. The maximum Gasteiger partial charge on any atom is 0.416 e. The minimum Gasteiger partial charge on any atom is -0.494 e. The molecule has 1 aliphatic rings. The van der Waals surface area contributed by atoms with Gasteiger partial charge in [0.1, 0.15) is 5.75 Å². The van der Waals surface area contributed by atoms with Gasteiger partial charge in [-0.15, -0.1) is 0 Å². The van der Waals surface area contributed by atoms with Crippen LogP contribution in [-0.4, -0.2) is 17.8 Å². The zero-order valence-corrected chi connectivity index (χ0v) is 18.2. The van der Waals surface area contributed by atoms with Gasteiger partial charge in [-0.3, -0.25) is 0 Å². The smallest absolute Gasteiger partial charge is 0.416 e. The fourth-order valence-corrected chi connectivity index (χ4v) is 3.70. The van der Waals surface area contributed by atoms with Crippen molar-refractivity contribution < 1.29 is 23.0 Å². The summed E-state index contributed by atoms with van der Waals surface area (Å²) >= 11 is 0. The molecule has 0 heterocycles. The van der Waals surface area contributed by atoms with Crippen molar-refractivity contribution in [3.05, 3.63) is 29.8 Å². The van der Waals surface area contributed by atoms with Gasteiger partial charge in [-0.2, -0.15) is 13.2 Å². The first kappa shape index (κ1) is 26.8. The normalized spacial score (nSPS) is 19.8. The molecule has 28 heavy (non-hydrogen) atoms. The van der Waals surface area contributed by atoms with Gasteiger partial charge in [0.25, 0.3) is 0 Å². The Morgan fingerprint density at radius 3 is 2.32 bits per heavy atom. The summed E-state index contributed by atoms with van der Waals surface area (Å²) in [5.41, 5.74) is -0.674. The number of benzene rings is 1. The molecular formula is C23H39F3O2. The maximum atomic E-state index is 12.6. The Bertz CT molecular complexity index is 501. The van der Waals surface area contributed by atoms with Gasteiger partial charge in [0.15, 0.2) is 0 Å². The Labute approximate surface area is 169 Å². The second-order valence-electron chi connectivity index (χ2n) is 6.91. The first-order valence-electron chi connectivity index (χ1n) is 10.8. The van der Waals surface area contributed by atoms with Gasteiger partial charge < -0.3 is 9.84 Å². The minimum absolute atomic E-state index is 0.236. The van der Waals surface area contributed by atoms with Crippen molar-refractivity contribution in [1.29, 1.82) is 0 Å². The highest BCUT2D eigenvalue weighted by Gasteiger charge is 2.30. The first-order chi connectivity index (χ1) is 13.4. The van der Waals surface area contributed by atoms with Crippen LogP contribution in [0.3, 0.4) is 0 Å². The van der Waals surface area contributed by atoms with Crippen molar-refractivity contribution in [1.82, 2.24) is 0 Å². The molecule has 0 amide bonds. The van der Waals surface area contributed by atoms with E-state index < -0.39 is 11.7 Å². The molecule has 1 aromatic carbocycles. The van der Waals surface area contributed by atoms with Crippen LogP contribution < -0.4 is 4.74 Å². The molecule has 2 rings (SSSR count). The van der Waals surface area contributed by atoms with Crippen LogP contribution >= 0.6 is 0 Å². The molecule has 0 saturated heterocycles. The number of rotatable bonds is 8. The van der Waals surface area contributed by atoms with Gasteiger partial charge in [-0.05, 0) is 56.2 Å². The second kappa shape index (κ2) is 14.7. The topological polar surface area (TPSA) is 29.5 Å². The van der Waals surface area contributed by atoms with E-state index in [1.54, 1.807) is 6.07 Å². The van der Waals surface area contributed by atoms with Crippen LogP contribution in [0.25, 0.3) is 0 Å². The lowest BCUT2D eigenvalue weighted by molar-refractivity contribution is -0.137. The van der Waals surface area contributed by atoms with Gasteiger partial charge in [0, 0.05) is 0 Å². The fraction of sp³-hybridized carbons (Fsp3) is 0.739. The van der Waals surface area contributed by atoms with Gasteiger partial charge in [-0.1, -0.05) is 59.4 Å². The molecule has 2 unspecified atom stereocenters. The van der Waals surface area contributed by atoms with Crippen LogP contribution in [0.1, 0.15) is 85.1 Å². The van der Waals surface area contributed by atoms with E-state index >= 15 is 0 Å². The number of halogens is 3. The summed E-state index contributed by atoms with van der Waals surface area (Å²) < 4.78 is 43.4. The summed E-state index contributed by atoms with van der Waals surface area (Å²) in [5, 5.41) is 9.55. The maximum absolute atomic E-state index is 12.6. The van der Waals surface area contributed by atoms with E-state index in [2.05, 4.69) is 0 Å². The lowest BCUT2D eigenvalue weighted by atomic mass is 9.87. The van der Waals surface area contributed by atoms with Gasteiger partial charge in [0.2, 0.25) is 0 Å². The Kier molecular flexibility index (Phi) is 14.1.